The summed E-state index contributed by atoms with van der Waals surface area (Å²) in [6.45, 7) is 9.85. The van der Waals surface area contributed by atoms with Crippen molar-refractivity contribution >= 4 is 27.4 Å². The van der Waals surface area contributed by atoms with Gasteiger partial charge in [0.2, 0.25) is 0 Å². The third kappa shape index (κ3) is 3.99. The minimum absolute atomic E-state index is 0.221. The minimum Gasteiger partial charge on any atom is -0.355 e. The van der Waals surface area contributed by atoms with E-state index in [0.29, 0.717) is 0 Å². The molecule has 7 heteroatoms. The second kappa shape index (κ2) is 8.88. The van der Waals surface area contributed by atoms with Crippen LogP contribution in [-0.2, 0) is 0 Å². The van der Waals surface area contributed by atoms with Crippen molar-refractivity contribution in [2.45, 2.75) is 45.2 Å². The highest BCUT2D eigenvalue weighted by molar-refractivity contribution is 9.10. The molecule has 0 bridgehead atoms. The highest BCUT2D eigenvalue weighted by Crippen LogP contribution is 2.37. The van der Waals surface area contributed by atoms with E-state index >= 15 is 0 Å². The summed E-state index contributed by atoms with van der Waals surface area (Å²) in [6.07, 6.45) is 5.28. The van der Waals surface area contributed by atoms with E-state index in [4.69, 9.17) is 4.98 Å². The van der Waals surface area contributed by atoms with E-state index in [9.17, 15) is 0 Å². The Balaban J connectivity index is 1.44. The van der Waals surface area contributed by atoms with E-state index in [0.717, 1.165) is 61.5 Å². The first-order chi connectivity index (χ1) is 15.2. The summed E-state index contributed by atoms with van der Waals surface area (Å²) in [5, 5.41) is 3.85. The number of nitrogens with one attached hydrogen (secondary N) is 1. The number of pyridine rings is 2. The number of piperidine rings is 1. The van der Waals surface area contributed by atoms with Crippen molar-refractivity contribution in [3.63, 3.8) is 0 Å². The lowest BCUT2D eigenvalue weighted by Gasteiger charge is -2.35. The number of hydrogen-bond acceptors (Lipinski definition) is 5. The lowest BCUT2D eigenvalue weighted by molar-refractivity contribution is 0.270. The third-order valence-electron chi connectivity index (χ3n) is 6.83. The molecular weight excluding hydrogens is 452 g/mol. The largest absolute Gasteiger partial charge is 0.355 e. The number of hydrogen-bond donors (Lipinski definition) is 1. The zero-order valence-electron chi connectivity index (χ0n) is 18.4. The van der Waals surface area contributed by atoms with Crippen LogP contribution in [0.15, 0.2) is 41.1 Å². The molecule has 5 heterocycles. The Morgan fingerprint density at radius 2 is 1.81 bits per heavy atom. The van der Waals surface area contributed by atoms with Gasteiger partial charge in [0.1, 0.15) is 16.1 Å². The monoisotopic (exact) mass is 482 g/mol. The van der Waals surface area contributed by atoms with Gasteiger partial charge in [0.25, 0.3) is 0 Å². The van der Waals surface area contributed by atoms with Crippen molar-refractivity contribution in [1.29, 1.82) is 0 Å². The van der Waals surface area contributed by atoms with E-state index in [1.165, 1.54) is 23.5 Å². The lowest BCUT2D eigenvalue weighted by Crippen LogP contribution is -2.46. The van der Waals surface area contributed by atoms with E-state index < -0.39 is 0 Å². The highest BCUT2D eigenvalue weighted by Gasteiger charge is 2.29. The molecule has 0 saturated carbocycles. The molecule has 0 amide bonds. The zero-order valence-corrected chi connectivity index (χ0v) is 20.0. The number of piperazine rings is 1. The van der Waals surface area contributed by atoms with Gasteiger partial charge in [-0.3, -0.25) is 9.38 Å². The average Bonchev–Trinajstić information content (AvgIpc) is 3.16. The molecule has 31 heavy (non-hydrogen) atoms. The fourth-order valence-corrected chi connectivity index (χ4v) is 5.78. The Morgan fingerprint density at radius 1 is 1.03 bits per heavy atom. The van der Waals surface area contributed by atoms with Gasteiger partial charge < -0.3 is 15.1 Å². The number of imidazole rings is 1. The van der Waals surface area contributed by atoms with Crippen LogP contribution in [0.1, 0.15) is 55.2 Å². The Bertz CT molecular complexity index is 1060. The lowest BCUT2D eigenvalue weighted by atomic mass is 9.93. The van der Waals surface area contributed by atoms with Gasteiger partial charge in [0.05, 0.1) is 23.5 Å². The third-order valence-corrected chi connectivity index (χ3v) is 7.59. The number of nitrogens with zero attached hydrogens (tertiary/aromatic N) is 5. The summed E-state index contributed by atoms with van der Waals surface area (Å²) in [4.78, 5) is 14.7. The van der Waals surface area contributed by atoms with Gasteiger partial charge in [0.15, 0.2) is 0 Å². The molecule has 3 aromatic heterocycles. The molecule has 2 unspecified atom stereocenters. The van der Waals surface area contributed by atoms with Gasteiger partial charge in [-0.05, 0) is 72.4 Å². The first-order valence-electron chi connectivity index (χ1n) is 11.5. The van der Waals surface area contributed by atoms with E-state index in [-0.39, 0.29) is 12.1 Å². The van der Waals surface area contributed by atoms with E-state index in [1.54, 1.807) is 0 Å². The Kier molecular flexibility index (Phi) is 5.99. The normalized spacial score (nSPS) is 22.9. The van der Waals surface area contributed by atoms with Crippen LogP contribution in [0.2, 0.25) is 0 Å². The molecule has 2 saturated heterocycles. The maximum absolute atomic E-state index is 5.07. The van der Waals surface area contributed by atoms with Crippen molar-refractivity contribution in [3.8, 4) is 0 Å². The van der Waals surface area contributed by atoms with Crippen molar-refractivity contribution in [2.24, 2.45) is 0 Å². The number of likely N-dealkylation sites (N-methyl/N-ethyl adjacent to an activating group) is 1. The molecule has 0 spiro atoms. The predicted octanol–water partition coefficient (Wildman–Crippen LogP) is 4.50. The van der Waals surface area contributed by atoms with Gasteiger partial charge in [-0.2, -0.15) is 0 Å². The molecule has 0 aliphatic carbocycles. The van der Waals surface area contributed by atoms with E-state index in [1.807, 2.05) is 12.3 Å². The summed E-state index contributed by atoms with van der Waals surface area (Å²) in [7, 11) is 0. The Hall–Kier alpha value is -1.96. The predicted molar refractivity (Wildman–Crippen MR) is 129 cm³/mol. The Labute approximate surface area is 192 Å². The average molecular weight is 483 g/mol. The van der Waals surface area contributed by atoms with Gasteiger partial charge in [0, 0.05) is 32.4 Å². The molecule has 2 aliphatic rings. The molecule has 6 nitrogen and oxygen atoms in total. The molecular formula is C24H31BrN6. The molecule has 164 valence electrons. The molecule has 2 atom stereocenters. The fraction of sp³-hybridized carbons (Fsp3) is 0.500. The summed E-state index contributed by atoms with van der Waals surface area (Å²) < 4.78 is 3.36. The number of rotatable bonds is 4. The van der Waals surface area contributed by atoms with Gasteiger partial charge in [-0.15, -0.1) is 0 Å². The van der Waals surface area contributed by atoms with Crippen LogP contribution in [0.3, 0.4) is 0 Å². The summed E-state index contributed by atoms with van der Waals surface area (Å²) in [6, 6.07) is 11.1. The molecule has 5 rings (SSSR count). The van der Waals surface area contributed by atoms with Crippen molar-refractivity contribution < 1.29 is 0 Å². The SMILES string of the molecule is CCN1CCN(c2cccc3nc(C4CCCC(c5ncccc5C)N4)c(Br)n23)CC1. The van der Waals surface area contributed by atoms with Crippen LogP contribution in [0.5, 0.6) is 0 Å². The quantitative estimate of drug-likeness (QED) is 0.593. The summed E-state index contributed by atoms with van der Waals surface area (Å²) >= 11 is 3.93. The first-order valence-corrected chi connectivity index (χ1v) is 12.3. The zero-order chi connectivity index (χ0) is 21.4. The van der Waals surface area contributed by atoms with Crippen molar-refractivity contribution in [3.05, 3.63) is 58.1 Å². The smallest absolute Gasteiger partial charge is 0.139 e. The van der Waals surface area contributed by atoms with Crippen LogP contribution in [0, 0.1) is 6.92 Å². The van der Waals surface area contributed by atoms with Crippen LogP contribution in [0.25, 0.3) is 5.65 Å². The number of aromatic nitrogens is 3. The standard InChI is InChI=1S/C24H31BrN6/c1-3-29-13-15-30(16-14-29)21-11-5-10-20-28-23(24(25)31(20)21)19-9-4-8-18(27-19)22-17(2)7-6-12-26-22/h5-7,10-12,18-19,27H,3-4,8-9,13-16H2,1-2H3. The number of anilines is 1. The van der Waals surface area contributed by atoms with Crippen molar-refractivity contribution in [1.82, 2.24) is 24.6 Å². The fourth-order valence-electron chi connectivity index (χ4n) is 5.05. The van der Waals surface area contributed by atoms with E-state index in [2.05, 4.69) is 78.5 Å². The number of aryl methyl sites for hydroxylation is 1. The number of halogens is 1. The van der Waals surface area contributed by atoms with Crippen LogP contribution >= 0.6 is 15.9 Å². The molecule has 0 radical (unpaired) electrons. The van der Waals surface area contributed by atoms with Crippen LogP contribution in [0.4, 0.5) is 5.82 Å². The second-order valence-electron chi connectivity index (χ2n) is 8.70. The molecule has 0 aromatic carbocycles. The molecule has 2 fully saturated rings. The Morgan fingerprint density at radius 3 is 2.55 bits per heavy atom. The van der Waals surface area contributed by atoms with Gasteiger partial charge in [-0.25, -0.2) is 4.98 Å². The van der Waals surface area contributed by atoms with Crippen LogP contribution in [-0.4, -0.2) is 52.0 Å². The maximum Gasteiger partial charge on any atom is 0.139 e. The topological polar surface area (TPSA) is 48.7 Å². The first kappa shape index (κ1) is 20.9. The van der Waals surface area contributed by atoms with Crippen LogP contribution < -0.4 is 10.2 Å². The molecule has 2 aliphatic heterocycles. The summed E-state index contributed by atoms with van der Waals surface area (Å²) in [5.41, 5.74) is 4.54. The van der Waals surface area contributed by atoms with Crippen molar-refractivity contribution in [2.75, 3.05) is 37.6 Å². The second-order valence-corrected chi connectivity index (χ2v) is 9.45. The molecule has 3 aromatic rings. The maximum atomic E-state index is 5.07. The highest BCUT2D eigenvalue weighted by atomic mass is 79.9. The number of fused-ring (bicyclic) bond motifs is 1. The minimum atomic E-state index is 0.221. The van der Waals surface area contributed by atoms with Gasteiger partial charge in [-0.1, -0.05) is 19.1 Å². The van der Waals surface area contributed by atoms with Gasteiger partial charge >= 0.3 is 0 Å². The summed E-state index contributed by atoms with van der Waals surface area (Å²) in [5.74, 6) is 1.23. The molecule has 1 N–H and O–H groups in total.